The lowest BCUT2D eigenvalue weighted by molar-refractivity contribution is -0.120. The van der Waals surface area contributed by atoms with Gasteiger partial charge in [0.15, 0.2) is 11.9 Å². The number of amidine groups is 1. The molecule has 0 spiro atoms. The van der Waals surface area contributed by atoms with Crippen LogP contribution in [0.4, 0.5) is 4.39 Å². The molecule has 0 aliphatic carbocycles. The summed E-state index contributed by atoms with van der Waals surface area (Å²) in [7, 11) is 0. The minimum Gasteiger partial charge on any atom is -0.361 e. The van der Waals surface area contributed by atoms with E-state index in [0.717, 1.165) is 41.6 Å². The zero-order chi connectivity index (χ0) is 23.9. The van der Waals surface area contributed by atoms with Crippen LogP contribution in [0.3, 0.4) is 0 Å². The van der Waals surface area contributed by atoms with Crippen LogP contribution in [0.25, 0.3) is 16.6 Å². The standard InChI is InChI=1S/C27H29FN4O2/c1-18(33)8-4-2-7-11-24(27-30-17-25(32-27)19-9-5-3-6-10-19)31-26(34)14-20-16-29-23-13-12-21(28)15-22(20)23/h3,5-6,9-10,12-13,15-17,24,29,32H,2,4,7-8,11,14H2,1H3,(H,31,34)/q+1/t24-/m0/s1. The Kier molecular flexibility index (Phi) is 7.52. The lowest BCUT2D eigenvalue weighted by atomic mass is 10.0. The number of nitrogens with one attached hydrogen (secondary N) is 3. The van der Waals surface area contributed by atoms with Gasteiger partial charge in [-0.15, -0.1) is 0 Å². The first-order chi connectivity index (χ1) is 16.5. The van der Waals surface area contributed by atoms with Gasteiger partial charge in [-0.3, -0.25) is 4.79 Å². The maximum atomic E-state index is 13.7. The molecule has 0 fully saturated rings. The highest BCUT2D eigenvalue weighted by Crippen LogP contribution is 2.20. The van der Waals surface area contributed by atoms with Crippen molar-refractivity contribution in [2.24, 2.45) is 0 Å². The molecule has 3 N–H and O–H groups in total. The predicted octanol–water partition coefficient (Wildman–Crippen LogP) is 4.21. The van der Waals surface area contributed by atoms with E-state index in [1.54, 1.807) is 25.4 Å². The number of rotatable bonds is 11. The van der Waals surface area contributed by atoms with E-state index in [1.165, 1.54) is 12.1 Å². The number of carbonyl (C=O) groups excluding carboxylic acids is 2. The van der Waals surface area contributed by atoms with Gasteiger partial charge in [-0.05, 0) is 48.5 Å². The minimum absolute atomic E-state index is 0.135. The van der Waals surface area contributed by atoms with Gasteiger partial charge in [-0.1, -0.05) is 43.2 Å². The number of halogens is 1. The molecular formula is C27H29FN4O2+. The average Bonchev–Trinajstić information content (AvgIpc) is 3.46. The van der Waals surface area contributed by atoms with Gasteiger partial charge in [-0.2, -0.15) is 0 Å². The number of Topliss-reactive ketones (excluding diaryl/α,β-unsaturated/α-hetero) is 1. The molecule has 1 aliphatic rings. The first kappa shape index (κ1) is 23.4. The highest BCUT2D eigenvalue weighted by Gasteiger charge is 2.31. The predicted molar refractivity (Wildman–Crippen MR) is 132 cm³/mol. The number of fused-ring (bicyclic) bond motifs is 1. The number of hydrogen-bond donors (Lipinski definition) is 3. The fourth-order valence-corrected chi connectivity index (χ4v) is 4.17. The Morgan fingerprint density at radius 1 is 1.09 bits per heavy atom. The fraction of sp³-hybridized carbons (Fsp3) is 0.296. The first-order valence-corrected chi connectivity index (χ1v) is 11.6. The number of nitrogens with zero attached hydrogens (tertiary/aromatic N) is 1. The maximum absolute atomic E-state index is 13.7. The molecule has 0 saturated carbocycles. The average molecular weight is 461 g/mol. The maximum Gasteiger partial charge on any atom is 0.319 e. The van der Waals surface area contributed by atoms with Crippen molar-refractivity contribution in [3.05, 3.63) is 77.9 Å². The van der Waals surface area contributed by atoms with Crippen LogP contribution < -0.4 is 15.6 Å². The van der Waals surface area contributed by atoms with Crippen molar-refractivity contribution in [3.8, 4) is 0 Å². The van der Waals surface area contributed by atoms with E-state index in [4.69, 9.17) is 0 Å². The Balaban J connectivity index is 1.41. The Hall–Kier alpha value is -3.74. The van der Waals surface area contributed by atoms with Crippen molar-refractivity contribution in [2.45, 2.75) is 51.5 Å². The molecule has 3 aromatic rings. The Bertz CT molecular complexity index is 1230. The van der Waals surface area contributed by atoms with Crippen LogP contribution in [-0.2, 0) is 16.0 Å². The molecule has 34 heavy (non-hydrogen) atoms. The van der Waals surface area contributed by atoms with E-state index in [1.807, 2.05) is 30.3 Å². The molecule has 0 bridgehead atoms. The monoisotopic (exact) mass is 460 g/mol. The number of aromatic nitrogens is 1. The topological polar surface area (TPSA) is 88.1 Å². The number of H-pyrrole nitrogens is 1. The SMILES string of the molecule is CC(=O)CCCCC[C@H](NC(=O)Cc1c[nH]c2ccc(F)cc12)C1=[N+]C=C(c2ccccc2)N1. The van der Waals surface area contributed by atoms with Crippen LogP contribution in [-0.4, -0.2) is 28.6 Å². The van der Waals surface area contributed by atoms with Gasteiger partial charge in [0.2, 0.25) is 5.91 Å². The van der Waals surface area contributed by atoms with Gasteiger partial charge in [0.05, 0.1) is 6.42 Å². The number of amides is 1. The van der Waals surface area contributed by atoms with Gasteiger partial charge in [0, 0.05) is 29.1 Å². The number of benzene rings is 2. The zero-order valence-electron chi connectivity index (χ0n) is 19.2. The van der Waals surface area contributed by atoms with E-state index in [9.17, 15) is 14.0 Å². The fourth-order valence-electron chi connectivity index (χ4n) is 4.17. The Labute approximate surface area is 198 Å². The third kappa shape index (κ3) is 5.98. The van der Waals surface area contributed by atoms with Crippen LogP contribution in [0.5, 0.6) is 0 Å². The highest BCUT2D eigenvalue weighted by molar-refractivity contribution is 5.99. The van der Waals surface area contributed by atoms with Crippen molar-refractivity contribution in [2.75, 3.05) is 0 Å². The molecule has 6 nitrogen and oxygen atoms in total. The van der Waals surface area contributed by atoms with Crippen LogP contribution in [0.15, 0.2) is 60.9 Å². The highest BCUT2D eigenvalue weighted by atomic mass is 19.1. The molecular weight excluding hydrogens is 431 g/mol. The number of hydrogen-bond acceptors (Lipinski definition) is 4. The molecule has 1 amide bonds. The van der Waals surface area contributed by atoms with Gasteiger partial charge in [0.1, 0.15) is 17.6 Å². The van der Waals surface area contributed by atoms with Crippen LogP contribution >= 0.6 is 0 Å². The number of unbranched alkanes of at least 4 members (excludes halogenated alkanes) is 2. The normalized spacial score (nSPS) is 13.8. The van der Waals surface area contributed by atoms with Gasteiger partial charge >= 0.3 is 5.84 Å². The summed E-state index contributed by atoms with van der Waals surface area (Å²) in [5, 5.41) is 7.17. The van der Waals surface area contributed by atoms with Crippen molar-refractivity contribution >= 4 is 34.1 Å². The molecule has 0 unspecified atom stereocenters. The van der Waals surface area contributed by atoms with E-state index in [-0.39, 0.29) is 30.0 Å². The summed E-state index contributed by atoms with van der Waals surface area (Å²) in [5.74, 6) is 0.403. The largest absolute Gasteiger partial charge is 0.361 e. The third-order valence-electron chi connectivity index (χ3n) is 5.95. The van der Waals surface area contributed by atoms with Gasteiger partial charge in [0.25, 0.3) is 0 Å². The van der Waals surface area contributed by atoms with Gasteiger partial charge < -0.3 is 15.1 Å². The second-order valence-corrected chi connectivity index (χ2v) is 8.65. The number of carbonyl (C=O) groups is 2. The minimum atomic E-state index is -0.332. The third-order valence-corrected chi connectivity index (χ3v) is 5.95. The van der Waals surface area contributed by atoms with E-state index >= 15 is 0 Å². The smallest absolute Gasteiger partial charge is 0.319 e. The molecule has 7 heteroatoms. The van der Waals surface area contributed by atoms with E-state index < -0.39 is 0 Å². The molecule has 4 rings (SSSR count). The summed E-state index contributed by atoms with van der Waals surface area (Å²) in [6.45, 7) is 1.60. The van der Waals surface area contributed by atoms with Crippen molar-refractivity contribution in [1.29, 1.82) is 0 Å². The van der Waals surface area contributed by atoms with Crippen molar-refractivity contribution in [1.82, 2.24) is 20.6 Å². The number of ketones is 1. The number of aromatic amines is 1. The first-order valence-electron chi connectivity index (χ1n) is 11.6. The molecule has 1 aromatic heterocycles. The van der Waals surface area contributed by atoms with Crippen LogP contribution in [0.2, 0.25) is 0 Å². The van der Waals surface area contributed by atoms with Crippen molar-refractivity contribution < 1.29 is 14.0 Å². The van der Waals surface area contributed by atoms with E-state index in [2.05, 4.69) is 20.6 Å². The lowest BCUT2D eigenvalue weighted by Crippen LogP contribution is -2.47. The second kappa shape index (κ2) is 10.9. The Morgan fingerprint density at radius 3 is 2.71 bits per heavy atom. The summed E-state index contributed by atoms with van der Waals surface area (Å²) in [5.41, 5.74) is 3.45. The molecule has 2 aromatic carbocycles. The molecule has 2 heterocycles. The van der Waals surface area contributed by atoms with Gasteiger partial charge in [-0.25, -0.2) is 9.71 Å². The quantitative estimate of drug-likeness (QED) is 0.375. The summed E-state index contributed by atoms with van der Waals surface area (Å²) in [6.07, 6.45) is 7.54. The lowest BCUT2D eigenvalue weighted by Gasteiger charge is -2.15. The molecule has 1 radical (unpaired) electrons. The zero-order valence-corrected chi connectivity index (χ0v) is 19.2. The summed E-state index contributed by atoms with van der Waals surface area (Å²) < 4.78 is 13.7. The molecule has 0 saturated heterocycles. The number of aliphatic imine (C=N–C) groups is 1. The summed E-state index contributed by atoms with van der Waals surface area (Å²) >= 11 is 0. The van der Waals surface area contributed by atoms with Crippen LogP contribution in [0.1, 0.15) is 50.2 Å². The van der Waals surface area contributed by atoms with Crippen LogP contribution in [0, 0.1) is 5.82 Å². The summed E-state index contributed by atoms with van der Waals surface area (Å²) in [6, 6.07) is 14.1. The molecule has 1 aliphatic heterocycles. The molecule has 1 atom stereocenters. The van der Waals surface area contributed by atoms with Crippen molar-refractivity contribution in [3.63, 3.8) is 0 Å². The summed E-state index contributed by atoms with van der Waals surface area (Å²) in [4.78, 5) is 31.8. The second-order valence-electron chi connectivity index (χ2n) is 8.65. The molecule has 175 valence electrons. The Morgan fingerprint density at radius 2 is 1.91 bits per heavy atom. The van der Waals surface area contributed by atoms with E-state index in [0.29, 0.717) is 24.1 Å².